The van der Waals surface area contributed by atoms with E-state index in [1.54, 1.807) is 48.5 Å². The van der Waals surface area contributed by atoms with Crippen molar-refractivity contribution in [1.82, 2.24) is 5.32 Å². The van der Waals surface area contributed by atoms with Crippen molar-refractivity contribution in [2.24, 2.45) is 0 Å². The molecule has 2 aliphatic heterocycles. The fraction of sp³-hybridized carbons (Fsp3) is 0.0400. The average molecular weight is 474 g/mol. The average Bonchev–Trinajstić information content (AvgIpc) is 3.23. The summed E-state index contributed by atoms with van der Waals surface area (Å²) in [6, 6.07) is 21.1. The van der Waals surface area contributed by atoms with Crippen molar-refractivity contribution in [3.8, 4) is 0 Å². The van der Waals surface area contributed by atoms with Gasteiger partial charge in [-0.2, -0.15) is 0 Å². The number of carbonyl (C=O) groups is 4. The number of ketones is 1. The summed E-state index contributed by atoms with van der Waals surface area (Å²) < 4.78 is 0. The number of urea groups is 1. The minimum Gasteiger partial charge on any atom is -0.507 e. The second kappa shape index (κ2) is 7.86. The van der Waals surface area contributed by atoms with Crippen molar-refractivity contribution in [1.29, 1.82) is 0 Å². The van der Waals surface area contributed by atoms with Crippen molar-refractivity contribution in [2.75, 3.05) is 9.80 Å². The van der Waals surface area contributed by atoms with Crippen LogP contribution >= 0.6 is 11.6 Å². The predicted molar refractivity (Wildman–Crippen MR) is 125 cm³/mol. The van der Waals surface area contributed by atoms with Gasteiger partial charge in [-0.15, -0.1) is 0 Å². The summed E-state index contributed by atoms with van der Waals surface area (Å²) in [7, 11) is 0. The third-order valence-corrected chi connectivity index (χ3v) is 5.96. The molecule has 3 aromatic carbocycles. The van der Waals surface area contributed by atoms with Crippen molar-refractivity contribution in [2.45, 2.75) is 5.66 Å². The number of Topliss-reactive ketones (excluding diaryl/α,β-unsaturated/α-hetero) is 1. The first-order chi connectivity index (χ1) is 16.4. The third-order valence-electron chi connectivity index (χ3n) is 5.71. The van der Waals surface area contributed by atoms with Crippen molar-refractivity contribution in [3.63, 3.8) is 0 Å². The molecule has 0 bridgehead atoms. The predicted octanol–water partition coefficient (Wildman–Crippen LogP) is 3.68. The highest BCUT2D eigenvalue weighted by molar-refractivity contribution is 6.56. The Kier molecular flexibility index (Phi) is 4.95. The number of para-hydroxylation sites is 1. The maximum Gasteiger partial charge on any atom is 0.331 e. The van der Waals surface area contributed by atoms with Gasteiger partial charge in [0.15, 0.2) is 0 Å². The van der Waals surface area contributed by atoms with Gasteiger partial charge in [0.2, 0.25) is 5.66 Å². The summed E-state index contributed by atoms with van der Waals surface area (Å²) >= 11 is 5.98. The highest BCUT2D eigenvalue weighted by atomic mass is 35.5. The first-order valence-electron chi connectivity index (χ1n) is 10.2. The molecule has 4 amide bonds. The van der Waals surface area contributed by atoms with Gasteiger partial charge < -0.3 is 10.4 Å². The lowest BCUT2D eigenvalue weighted by molar-refractivity contribution is -0.132. The Bertz CT molecular complexity index is 1370. The second-order valence-corrected chi connectivity index (χ2v) is 8.09. The lowest BCUT2D eigenvalue weighted by Gasteiger charge is -2.32. The summed E-state index contributed by atoms with van der Waals surface area (Å²) in [6.07, 6.45) is 0. The molecule has 3 aromatic rings. The van der Waals surface area contributed by atoms with E-state index in [9.17, 15) is 24.3 Å². The van der Waals surface area contributed by atoms with E-state index >= 15 is 0 Å². The number of amides is 4. The number of carbonyl (C=O) groups excluding carboxylic acids is 4. The molecule has 0 aromatic heterocycles. The fourth-order valence-corrected chi connectivity index (χ4v) is 4.33. The zero-order valence-electron chi connectivity index (χ0n) is 17.4. The van der Waals surface area contributed by atoms with E-state index in [1.807, 2.05) is 0 Å². The first-order valence-corrected chi connectivity index (χ1v) is 10.6. The maximum absolute atomic E-state index is 14.0. The number of benzene rings is 3. The lowest BCUT2D eigenvalue weighted by atomic mass is 9.94. The minimum atomic E-state index is -2.30. The second-order valence-electron chi connectivity index (χ2n) is 7.65. The molecular formula is C25H16ClN3O5. The minimum absolute atomic E-state index is 0.141. The molecule has 2 aliphatic rings. The van der Waals surface area contributed by atoms with E-state index in [2.05, 4.69) is 5.32 Å². The number of halogens is 1. The number of nitrogens with one attached hydrogen (secondary N) is 1. The van der Waals surface area contributed by atoms with Crippen LogP contribution in [0.3, 0.4) is 0 Å². The summed E-state index contributed by atoms with van der Waals surface area (Å²) in [4.78, 5) is 55.3. The Labute approximate surface area is 198 Å². The first kappa shape index (κ1) is 21.4. The van der Waals surface area contributed by atoms with Gasteiger partial charge in [-0.3, -0.25) is 19.3 Å². The molecule has 0 saturated carbocycles. The summed E-state index contributed by atoms with van der Waals surface area (Å²) in [6.45, 7) is 0. The van der Waals surface area contributed by atoms with Crippen LogP contribution in [-0.2, 0) is 14.4 Å². The summed E-state index contributed by atoms with van der Waals surface area (Å²) in [5.74, 6) is -3.68. The summed E-state index contributed by atoms with van der Waals surface area (Å²) in [5, 5.41) is 14.0. The van der Waals surface area contributed by atoms with E-state index in [-0.39, 0.29) is 16.9 Å². The van der Waals surface area contributed by atoms with Crippen LogP contribution in [0.15, 0.2) is 90.5 Å². The Balaban J connectivity index is 1.79. The number of hydrogen-bond donors (Lipinski definition) is 2. The van der Waals surface area contributed by atoms with E-state index < -0.39 is 40.6 Å². The molecule has 8 nitrogen and oxygen atoms in total. The smallest absolute Gasteiger partial charge is 0.331 e. The molecule has 1 spiro atoms. The van der Waals surface area contributed by atoms with Crippen LogP contribution in [0.1, 0.15) is 5.56 Å². The van der Waals surface area contributed by atoms with E-state index in [4.69, 9.17) is 11.6 Å². The monoisotopic (exact) mass is 473 g/mol. The number of imide groups is 1. The Morgan fingerprint density at radius 3 is 2.00 bits per heavy atom. The zero-order valence-corrected chi connectivity index (χ0v) is 18.2. The van der Waals surface area contributed by atoms with E-state index in [0.717, 1.165) is 9.80 Å². The SMILES string of the molecule is O=C1C(=O)N(c2ccc(Cl)cc2)C2(NC(=O)N(c3ccccc3)C2=O)/C1=C(\O)c1ccccc1. The van der Waals surface area contributed by atoms with Gasteiger partial charge in [0, 0.05) is 16.3 Å². The van der Waals surface area contributed by atoms with Gasteiger partial charge in [0.05, 0.1) is 5.69 Å². The largest absolute Gasteiger partial charge is 0.507 e. The third kappa shape index (κ3) is 3.00. The van der Waals surface area contributed by atoms with Crippen LogP contribution in [0.2, 0.25) is 5.02 Å². The molecular weight excluding hydrogens is 458 g/mol. The van der Waals surface area contributed by atoms with Crippen molar-refractivity contribution >= 4 is 52.4 Å². The molecule has 2 N–H and O–H groups in total. The van der Waals surface area contributed by atoms with Gasteiger partial charge in [0.25, 0.3) is 11.7 Å². The molecule has 34 heavy (non-hydrogen) atoms. The fourth-order valence-electron chi connectivity index (χ4n) is 4.21. The number of anilines is 2. The highest BCUT2D eigenvalue weighted by Gasteiger charge is 2.68. The van der Waals surface area contributed by atoms with Crippen LogP contribution in [0.5, 0.6) is 0 Å². The van der Waals surface area contributed by atoms with Gasteiger partial charge in [-0.25, -0.2) is 9.69 Å². The topological polar surface area (TPSA) is 107 Å². The number of aliphatic hydroxyl groups excluding tert-OH is 1. The van der Waals surface area contributed by atoms with Crippen LogP contribution < -0.4 is 15.1 Å². The maximum atomic E-state index is 14.0. The number of nitrogens with zero attached hydrogens (tertiary/aromatic N) is 2. The highest BCUT2D eigenvalue weighted by Crippen LogP contribution is 2.43. The molecule has 9 heteroatoms. The number of hydrogen-bond acceptors (Lipinski definition) is 5. The van der Waals surface area contributed by atoms with E-state index in [1.165, 1.54) is 36.4 Å². The van der Waals surface area contributed by atoms with Gasteiger partial charge in [-0.05, 0) is 36.4 Å². The van der Waals surface area contributed by atoms with Crippen molar-refractivity contribution < 1.29 is 24.3 Å². The van der Waals surface area contributed by atoms with Crippen LogP contribution in [0.25, 0.3) is 5.76 Å². The Hall–Kier alpha value is -4.43. The van der Waals surface area contributed by atoms with Crippen LogP contribution in [0.4, 0.5) is 16.2 Å². The molecule has 1 atom stereocenters. The number of rotatable bonds is 3. The molecule has 5 rings (SSSR count). The van der Waals surface area contributed by atoms with Gasteiger partial charge in [0.1, 0.15) is 11.3 Å². The molecule has 168 valence electrons. The quantitative estimate of drug-likeness (QED) is 0.261. The van der Waals surface area contributed by atoms with E-state index in [0.29, 0.717) is 5.02 Å². The molecule has 2 saturated heterocycles. The normalized spacial score (nSPS) is 21.4. The molecule has 0 aliphatic carbocycles. The standard InChI is InChI=1S/C25H16ClN3O5/c26-16-11-13-18(14-12-16)29-22(32)21(31)19(20(30)15-7-3-1-4-8-15)25(29)23(33)28(24(34)27-25)17-9-5-2-6-10-17/h1-14,30H,(H,27,34)/b20-19-. The Morgan fingerprint density at radius 2 is 1.38 bits per heavy atom. The molecule has 2 heterocycles. The Morgan fingerprint density at radius 1 is 0.794 bits per heavy atom. The zero-order chi connectivity index (χ0) is 24.0. The molecule has 1 unspecified atom stereocenters. The van der Waals surface area contributed by atoms with Crippen LogP contribution in [0, 0.1) is 0 Å². The number of aliphatic hydroxyl groups is 1. The van der Waals surface area contributed by atoms with Crippen molar-refractivity contribution in [3.05, 3.63) is 101 Å². The molecule has 0 radical (unpaired) electrons. The molecule has 2 fully saturated rings. The summed E-state index contributed by atoms with van der Waals surface area (Å²) in [5.41, 5.74) is -2.24. The lowest BCUT2D eigenvalue weighted by Crippen LogP contribution is -2.59. The van der Waals surface area contributed by atoms with Crippen LogP contribution in [-0.4, -0.2) is 34.4 Å². The van der Waals surface area contributed by atoms with Gasteiger partial charge >= 0.3 is 11.9 Å². The van der Waals surface area contributed by atoms with Gasteiger partial charge in [-0.1, -0.05) is 60.1 Å².